The molecule has 5 aromatic carbocycles. The first kappa shape index (κ1) is 34.8. The molecule has 0 unspecified atom stereocenters. The topological polar surface area (TPSA) is 50.0 Å². The van der Waals surface area contributed by atoms with E-state index >= 15 is 0 Å². The van der Waals surface area contributed by atoms with E-state index in [1.807, 2.05) is 73.1 Å². The summed E-state index contributed by atoms with van der Waals surface area (Å²) < 4.78 is 0. The lowest BCUT2D eigenvalue weighted by molar-refractivity contribution is 1.06. The number of benzene rings is 5. The number of nitrogens with zero attached hydrogens (tertiary/aromatic N) is 4. The van der Waals surface area contributed by atoms with Crippen LogP contribution in [0.4, 0.5) is 0 Å². The molecule has 0 aliphatic carbocycles. The van der Waals surface area contributed by atoms with Crippen molar-refractivity contribution in [3.8, 4) is 22.3 Å². The van der Waals surface area contributed by atoms with Crippen LogP contribution in [0, 0.1) is 6.92 Å². The van der Waals surface area contributed by atoms with Crippen LogP contribution in [0.2, 0.25) is 0 Å². The molecule has 0 radical (unpaired) electrons. The van der Waals surface area contributed by atoms with Crippen LogP contribution < -0.4 is 0 Å². The number of aliphatic imine (C=N–C) groups is 3. The van der Waals surface area contributed by atoms with E-state index in [0.29, 0.717) is 18.2 Å². The molecule has 0 bridgehead atoms. The van der Waals surface area contributed by atoms with Crippen LogP contribution in [0.25, 0.3) is 45.2 Å². The van der Waals surface area contributed by atoms with Crippen molar-refractivity contribution in [1.82, 2.24) is 4.98 Å². The third kappa shape index (κ3) is 7.92. The summed E-state index contributed by atoms with van der Waals surface area (Å²) in [6.07, 6.45) is 14.6. The van der Waals surface area contributed by atoms with Gasteiger partial charge in [0.2, 0.25) is 0 Å². The number of rotatable bonds is 10. The maximum atomic E-state index is 5.09. The number of fused-ring (bicyclic) bond motifs is 1. The molecule has 6 aromatic rings. The quantitative estimate of drug-likeness (QED) is 0.106. The minimum atomic E-state index is 0.502. The first-order valence-corrected chi connectivity index (χ1v) is 17.7. The van der Waals surface area contributed by atoms with Gasteiger partial charge < -0.3 is 0 Å². The van der Waals surface area contributed by atoms with Crippen LogP contribution in [-0.2, 0) is 13.0 Å². The molecule has 1 aromatic heterocycles. The van der Waals surface area contributed by atoms with Gasteiger partial charge in [0.25, 0.3) is 0 Å². The molecule has 1 heterocycles. The van der Waals surface area contributed by atoms with Gasteiger partial charge in [-0.15, -0.1) is 0 Å². The Bertz CT molecular complexity index is 2260. The van der Waals surface area contributed by atoms with Crippen molar-refractivity contribution in [2.45, 2.75) is 47.1 Å². The normalized spacial score (nSPS) is 12.3. The van der Waals surface area contributed by atoms with Crippen molar-refractivity contribution in [3.63, 3.8) is 0 Å². The van der Waals surface area contributed by atoms with Crippen LogP contribution in [0.3, 0.4) is 0 Å². The van der Waals surface area contributed by atoms with Gasteiger partial charge >= 0.3 is 0 Å². The predicted molar refractivity (Wildman–Crippen MR) is 220 cm³/mol. The molecule has 4 heteroatoms. The lowest BCUT2D eigenvalue weighted by Gasteiger charge is -2.18. The monoisotopic (exact) mass is 664 g/mol. The average molecular weight is 665 g/mol. The van der Waals surface area contributed by atoms with E-state index in [0.717, 1.165) is 51.8 Å². The summed E-state index contributed by atoms with van der Waals surface area (Å²) in [5.74, 6) is 1.11. The minimum absolute atomic E-state index is 0.502. The van der Waals surface area contributed by atoms with Gasteiger partial charge in [-0.3, -0.25) is 9.98 Å². The second-order valence-corrected chi connectivity index (χ2v) is 12.5. The molecule has 0 saturated heterocycles. The second kappa shape index (κ2) is 16.6. The van der Waals surface area contributed by atoms with E-state index in [-0.39, 0.29) is 0 Å². The number of hydrogen-bond donors (Lipinski definition) is 0. The molecular weight excluding hydrogens is 621 g/mol. The van der Waals surface area contributed by atoms with Crippen LogP contribution in [0.1, 0.15) is 66.1 Å². The predicted octanol–water partition coefficient (Wildman–Crippen LogP) is 12.0. The first-order chi connectivity index (χ1) is 25.0. The van der Waals surface area contributed by atoms with E-state index in [4.69, 9.17) is 9.98 Å². The Morgan fingerprint density at radius 3 is 2.06 bits per heavy atom. The van der Waals surface area contributed by atoms with Gasteiger partial charge in [0, 0.05) is 23.5 Å². The van der Waals surface area contributed by atoms with Crippen molar-refractivity contribution in [2.75, 3.05) is 0 Å². The van der Waals surface area contributed by atoms with Gasteiger partial charge in [-0.2, -0.15) is 0 Å². The van der Waals surface area contributed by atoms with Gasteiger partial charge in [-0.05, 0) is 131 Å². The van der Waals surface area contributed by atoms with E-state index in [2.05, 4.69) is 117 Å². The molecule has 0 fully saturated rings. The third-order valence-corrected chi connectivity index (χ3v) is 9.17. The smallest absolute Gasteiger partial charge is 0.161 e. The highest BCUT2D eigenvalue weighted by Gasteiger charge is 2.16. The molecule has 0 spiro atoms. The first-order valence-electron chi connectivity index (χ1n) is 17.7. The molecule has 51 heavy (non-hydrogen) atoms. The fourth-order valence-electron chi connectivity index (χ4n) is 6.63. The molecule has 0 aliphatic rings. The minimum Gasteiger partial charge on any atom is -0.265 e. The Kier molecular flexibility index (Phi) is 11.3. The van der Waals surface area contributed by atoms with Crippen molar-refractivity contribution < 1.29 is 0 Å². The Balaban J connectivity index is 1.56. The summed E-state index contributed by atoms with van der Waals surface area (Å²) in [5.41, 5.74) is 12.5. The van der Waals surface area contributed by atoms with Gasteiger partial charge in [0.1, 0.15) is 0 Å². The van der Waals surface area contributed by atoms with E-state index in [1.54, 1.807) is 0 Å². The zero-order chi connectivity index (χ0) is 35.6. The Hall–Kier alpha value is -6.00. The third-order valence-electron chi connectivity index (χ3n) is 9.17. The van der Waals surface area contributed by atoms with E-state index in [9.17, 15) is 0 Å². The fraction of sp³-hybridized carbons (Fsp3) is 0.149. The lowest BCUT2D eigenvalue weighted by atomic mass is 9.86. The molecule has 0 N–H and O–H groups in total. The van der Waals surface area contributed by atoms with Gasteiger partial charge in [-0.1, -0.05) is 111 Å². The SMILES string of the molecule is C=NC(=NC(=NCc1ccccc1)c1ccccc1)c1cc(-c2ccncc2)cc(-c2ccc3c(/C=C\CC)c(C)c(CC)c(/C=C\C)c3c2)c1. The summed E-state index contributed by atoms with van der Waals surface area (Å²) in [5, 5.41) is 2.50. The summed E-state index contributed by atoms with van der Waals surface area (Å²) in [7, 11) is 0. The van der Waals surface area contributed by atoms with Crippen molar-refractivity contribution in [3.05, 3.63) is 173 Å². The van der Waals surface area contributed by atoms with Gasteiger partial charge in [0.15, 0.2) is 11.7 Å². The largest absolute Gasteiger partial charge is 0.265 e. The number of aromatic nitrogens is 1. The summed E-state index contributed by atoms with van der Waals surface area (Å²) in [4.78, 5) is 18.8. The lowest BCUT2D eigenvalue weighted by Crippen LogP contribution is -2.06. The van der Waals surface area contributed by atoms with Crippen LogP contribution in [0.5, 0.6) is 0 Å². The summed E-state index contributed by atoms with van der Waals surface area (Å²) >= 11 is 0. The molecular formula is C47H44N4. The number of hydrogen-bond acceptors (Lipinski definition) is 2. The van der Waals surface area contributed by atoms with Crippen molar-refractivity contribution in [1.29, 1.82) is 0 Å². The molecule has 0 saturated carbocycles. The maximum absolute atomic E-state index is 5.09. The fourth-order valence-corrected chi connectivity index (χ4v) is 6.63. The summed E-state index contributed by atoms with van der Waals surface area (Å²) in [6.45, 7) is 13.3. The Morgan fingerprint density at radius 1 is 0.686 bits per heavy atom. The standard InChI is InChI=1S/C47H44N4/c1-6-9-21-42-33(4)41(8-3)43(16-7-2)45-31-37(22-23-44(42)45)39-28-38(35-24-26-49-27-25-35)29-40(30-39)46(48-5)51-47(36-19-14-11-15-20-36)50-32-34-17-12-10-13-18-34/h7,9-31H,5-6,8,32H2,1-4H3/b16-7-,21-9-,50-47?,51-46?. The van der Waals surface area contributed by atoms with E-state index < -0.39 is 0 Å². The van der Waals surface area contributed by atoms with Crippen molar-refractivity contribution >= 4 is 41.3 Å². The number of allylic oxidation sites excluding steroid dienone is 2. The molecule has 6 rings (SSSR count). The number of amidine groups is 2. The highest BCUT2D eigenvalue weighted by molar-refractivity contribution is 6.13. The van der Waals surface area contributed by atoms with E-state index in [1.165, 1.54) is 33.0 Å². The molecule has 0 atom stereocenters. The Morgan fingerprint density at radius 2 is 1.39 bits per heavy atom. The zero-order valence-electron chi connectivity index (χ0n) is 30.0. The number of pyridine rings is 1. The maximum Gasteiger partial charge on any atom is 0.161 e. The molecule has 0 amide bonds. The summed E-state index contributed by atoms with van der Waals surface area (Å²) in [6, 6.07) is 37.7. The average Bonchev–Trinajstić information content (AvgIpc) is 3.19. The second-order valence-electron chi connectivity index (χ2n) is 12.5. The molecule has 4 nitrogen and oxygen atoms in total. The molecule has 0 aliphatic heterocycles. The highest BCUT2D eigenvalue weighted by atomic mass is 15.0. The van der Waals surface area contributed by atoms with Crippen LogP contribution in [0.15, 0.2) is 149 Å². The van der Waals surface area contributed by atoms with Crippen LogP contribution >= 0.6 is 0 Å². The van der Waals surface area contributed by atoms with Gasteiger partial charge in [-0.25, -0.2) is 9.98 Å². The van der Waals surface area contributed by atoms with Crippen molar-refractivity contribution in [2.24, 2.45) is 15.0 Å². The van der Waals surface area contributed by atoms with Gasteiger partial charge in [0.05, 0.1) is 6.54 Å². The zero-order valence-corrected chi connectivity index (χ0v) is 30.0. The van der Waals surface area contributed by atoms with Crippen LogP contribution in [-0.4, -0.2) is 23.4 Å². The highest BCUT2D eigenvalue weighted by Crippen LogP contribution is 2.37. The molecule has 252 valence electrons. The Labute approximate surface area is 302 Å².